The summed E-state index contributed by atoms with van der Waals surface area (Å²) >= 11 is 0. The molecule has 0 heterocycles. The zero-order chi connectivity index (χ0) is 18.4. The SMILES string of the molecule is COC(=O)c1ccc(NCC(=O)Nc2ccc(C(F)(F)F)cc2)cc1. The number of carbonyl (C=O) groups is 2. The van der Waals surface area contributed by atoms with Gasteiger partial charge in [0, 0.05) is 11.4 Å². The number of anilines is 2. The Kier molecular flexibility index (Phi) is 5.63. The first-order valence-electron chi connectivity index (χ1n) is 7.19. The lowest BCUT2D eigenvalue weighted by atomic mass is 10.2. The van der Waals surface area contributed by atoms with Gasteiger partial charge in [0.25, 0.3) is 0 Å². The summed E-state index contributed by atoms with van der Waals surface area (Å²) in [4.78, 5) is 23.1. The van der Waals surface area contributed by atoms with Crippen LogP contribution in [-0.4, -0.2) is 25.5 Å². The molecule has 5 nitrogen and oxygen atoms in total. The highest BCUT2D eigenvalue weighted by Gasteiger charge is 2.29. The van der Waals surface area contributed by atoms with Crippen LogP contribution in [0.2, 0.25) is 0 Å². The van der Waals surface area contributed by atoms with Crippen molar-refractivity contribution in [1.29, 1.82) is 0 Å². The van der Waals surface area contributed by atoms with Crippen LogP contribution in [-0.2, 0) is 15.7 Å². The Morgan fingerprint density at radius 3 is 2.04 bits per heavy atom. The van der Waals surface area contributed by atoms with Gasteiger partial charge in [-0.3, -0.25) is 4.79 Å². The standard InChI is InChI=1S/C17H15F3N2O3/c1-25-16(24)11-2-6-13(7-3-11)21-10-15(23)22-14-8-4-12(5-9-14)17(18,19)20/h2-9,21H,10H2,1H3,(H,22,23). The van der Waals surface area contributed by atoms with Crippen LogP contribution in [0.1, 0.15) is 15.9 Å². The second-order valence-corrected chi connectivity index (χ2v) is 5.05. The summed E-state index contributed by atoms with van der Waals surface area (Å²) in [5, 5.41) is 5.33. The number of hydrogen-bond acceptors (Lipinski definition) is 4. The molecule has 0 radical (unpaired) electrons. The van der Waals surface area contributed by atoms with Gasteiger partial charge in [0.15, 0.2) is 0 Å². The van der Waals surface area contributed by atoms with E-state index < -0.39 is 23.6 Å². The van der Waals surface area contributed by atoms with Crippen LogP contribution in [0.5, 0.6) is 0 Å². The predicted octanol–water partition coefficient (Wildman–Crippen LogP) is 3.54. The Balaban J connectivity index is 1.87. The molecule has 1 amide bonds. The zero-order valence-electron chi connectivity index (χ0n) is 13.2. The van der Waals surface area contributed by atoms with Crippen molar-refractivity contribution in [2.45, 2.75) is 6.18 Å². The summed E-state index contributed by atoms with van der Waals surface area (Å²) in [6.45, 7) is -0.0847. The van der Waals surface area contributed by atoms with Gasteiger partial charge in [0.1, 0.15) is 0 Å². The van der Waals surface area contributed by atoms with Crippen molar-refractivity contribution >= 4 is 23.3 Å². The third kappa shape index (κ3) is 5.23. The first kappa shape index (κ1) is 18.3. The maximum Gasteiger partial charge on any atom is 0.416 e. The summed E-state index contributed by atoms with van der Waals surface area (Å²) in [6.07, 6.45) is -4.42. The summed E-state index contributed by atoms with van der Waals surface area (Å²) in [6, 6.07) is 10.5. The summed E-state index contributed by atoms with van der Waals surface area (Å²) in [7, 11) is 1.28. The van der Waals surface area contributed by atoms with Gasteiger partial charge in [-0.15, -0.1) is 0 Å². The van der Waals surface area contributed by atoms with Gasteiger partial charge in [-0.05, 0) is 48.5 Å². The van der Waals surface area contributed by atoms with Crippen molar-refractivity contribution in [2.75, 3.05) is 24.3 Å². The van der Waals surface area contributed by atoms with Crippen molar-refractivity contribution in [1.82, 2.24) is 0 Å². The molecule has 2 aromatic rings. The third-order valence-corrected chi connectivity index (χ3v) is 3.26. The smallest absolute Gasteiger partial charge is 0.416 e. The van der Waals surface area contributed by atoms with Crippen LogP contribution in [0.3, 0.4) is 0 Å². The van der Waals surface area contributed by atoms with Crippen LogP contribution in [0.25, 0.3) is 0 Å². The second kappa shape index (κ2) is 7.69. The molecule has 0 aromatic heterocycles. The van der Waals surface area contributed by atoms with Crippen molar-refractivity contribution in [3.63, 3.8) is 0 Å². The van der Waals surface area contributed by atoms with Gasteiger partial charge in [0.05, 0.1) is 24.8 Å². The molecular formula is C17H15F3N2O3. The van der Waals surface area contributed by atoms with E-state index in [2.05, 4.69) is 15.4 Å². The molecule has 0 bridgehead atoms. The van der Waals surface area contributed by atoms with Gasteiger partial charge in [0.2, 0.25) is 5.91 Å². The molecule has 25 heavy (non-hydrogen) atoms. The number of carbonyl (C=O) groups excluding carboxylic acids is 2. The molecular weight excluding hydrogens is 337 g/mol. The van der Waals surface area contributed by atoms with Crippen LogP contribution in [0, 0.1) is 0 Å². The molecule has 0 unspecified atom stereocenters. The maximum absolute atomic E-state index is 12.5. The van der Waals surface area contributed by atoms with E-state index >= 15 is 0 Å². The van der Waals surface area contributed by atoms with Crippen LogP contribution < -0.4 is 10.6 Å². The Labute approximate surface area is 141 Å². The predicted molar refractivity (Wildman–Crippen MR) is 86.3 cm³/mol. The number of esters is 1. The van der Waals surface area contributed by atoms with Crippen LogP contribution >= 0.6 is 0 Å². The molecule has 0 aliphatic carbocycles. The number of nitrogens with one attached hydrogen (secondary N) is 2. The Hall–Kier alpha value is -3.03. The minimum atomic E-state index is -4.42. The Bertz CT molecular complexity index is 741. The largest absolute Gasteiger partial charge is 0.465 e. The van der Waals surface area contributed by atoms with E-state index in [-0.39, 0.29) is 12.2 Å². The van der Waals surface area contributed by atoms with E-state index in [0.717, 1.165) is 12.1 Å². The maximum atomic E-state index is 12.5. The molecule has 0 saturated carbocycles. The van der Waals surface area contributed by atoms with E-state index in [9.17, 15) is 22.8 Å². The zero-order valence-corrected chi connectivity index (χ0v) is 13.2. The molecule has 0 aliphatic rings. The fourth-order valence-electron chi connectivity index (χ4n) is 1.97. The second-order valence-electron chi connectivity index (χ2n) is 5.05. The number of hydrogen-bond donors (Lipinski definition) is 2. The highest BCUT2D eigenvalue weighted by atomic mass is 19.4. The quantitative estimate of drug-likeness (QED) is 0.808. The van der Waals surface area contributed by atoms with E-state index in [0.29, 0.717) is 11.3 Å². The number of halogens is 3. The molecule has 8 heteroatoms. The highest BCUT2D eigenvalue weighted by molar-refractivity contribution is 5.94. The highest BCUT2D eigenvalue weighted by Crippen LogP contribution is 2.29. The third-order valence-electron chi connectivity index (χ3n) is 3.26. The molecule has 0 fully saturated rings. The molecule has 2 N–H and O–H groups in total. The Morgan fingerprint density at radius 2 is 1.52 bits per heavy atom. The molecule has 132 valence electrons. The molecule has 2 aromatic carbocycles. The minimum absolute atomic E-state index is 0.0847. The van der Waals surface area contributed by atoms with Gasteiger partial charge in [-0.25, -0.2) is 4.79 Å². The van der Waals surface area contributed by atoms with Gasteiger partial charge >= 0.3 is 12.1 Å². The molecule has 0 atom stereocenters. The average molecular weight is 352 g/mol. The first-order chi connectivity index (χ1) is 11.8. The lowest BCUT2D eigenvalue weighted by Gasteiger charge is -2.10. The van der Waals surface area contributed by atoms with Gasteiger partial charge < -0.3 is 15.4 Å². The number of ether oxygens (including phenoxy) is 1. The van der Waals surface area contributed by atoms with E-state index in [1.807, 2.05) is 0 Å². The fraction of sp³-hybridized carbons (Fsp3) is 0.176. The van der Waals surface area contributed by atoms with Crippen LogP contribution in [0.15, 0.2) is 48.5 Å². The van der Waals surface area contributed by atoms with Crippen molar-refractivity contribution in [2.24, 2.45) is 0 Å². The summed E-state index contributed by atoms with van der Waals surface area (Å²) in [5.74, 6) is -0.886. The summed E-state index contributed by atoms with van der Waals surface area (Å²) in [5.41, 5.74) is 0.465. The first-order valence-corrected chi connectivity index (χ1v) is 7.19. The Morgan fingerprint density at radius 1 is 0.960 bits per heavy atom. The number of amides is 1. The number of benzene rings is 2. The van der Waals surface area contributed by atoms with Crippen molar-refractivity contribution in [3.8, 4) is 0 Å². The van der Waals surface area contributed by atoms with Crippen molar-refractivity contribution in [3.05, 3.63) is 59.7 Å². The molecule has 0 spiro atoms. The fourth-order valence-corrected chi connectivity index (χ4v) is 1.97. The van der Waals surface area contributed by atoms with Gasteiger partial charge in [-0.1, -0.05) is 0 Å². The summed E-state index contributed by atoms with van der Waals surface area (Å²) < 4.78 is 42.0. The normalized spacial score (nSPS) is 10.9. The number of rotatable bonds is 5. The molecule has 0 saturated heterocycles. The molecule has 2 rings (SSSR count). The van der Waals surface area contributed by atoms with Crippen molar-refractivity contribution < 1.29 is 27.5 Å². The van der Waals surface area contributed by atoms with E-state index in [4.69, 9.17) is 0 Å². The number of methoxy groups -OCH3 is 1. The van der Waals surface area contributed by atoms with Crippen LogP contribution in [0.4, 0.5) is 24.5 Å². The lowest BCUT2D eigenvalue weighted by Crippen LogP contribution is -2.21. The minimum Gasteiger partial charge on any atom is -0.465 e. The average Bonchev–Trinajstić information content (AvgIpc) is 2.59. The number of alkyl halides is 3. The molecule has 0 aliphatic heterocycles. The van der Waals surface area contributed by atoms with E-state index in [1.54, 1.807) is 24.3 Å². The van der Waals surface area contributed by atoms with Gasteiger partial charge in [-0.2, -0.15) is 13.2 Å². The topological polar surface area (TPSA) is 67.4 Å². The lowest BCUT2D eigenvalue weighted by molar-refractivity contribution is -0.137. The van der Waals surface area contributed by atoms with E-state index in [1.165, 1.54) is 19.2 Å². The monoisotopic (exact) mass is 352 g/mol.